The van der Waals surface area contributed by atoms with E-state index in [1.807, 2.05) is 27.7 Å². The Morgan fingerprint density at radius 1 is 0.588 bits per heavy atom. The molecule has 0 aliphatic rings. The molecular weight excluding hydrogens is 204 g/mol. The van der Waals surface area contributed by atoms with E-state index in [1.54, 1.807) is 0 Å². The third kappa shape index (κ3) is 9.68. The molecule has 0 atom stereocenters. The molecule has 0 radical (unpaired) electrons. The van der Waals surface area contributed by atoms with E-state index in [0.717, 1.165) is 0 Å². The lowest BCUT2D eigenvalue weighted by Gasteiger charge is -2.45. The summed E-state index contributed by atoms with van der Waals surface area (Å²) in [6, 6.07) is 0. The first kappa shape index (κ1) is 22.2. The fraction of sp³-hybridized carbons (Fsp3) is 1.00. The third-order valence-electron chi connectivity index (χ3n) is 3.69. The van der Waals surface area contributed by atoms with Crippen molar-refractivity contribution >= 4 is 0 Å². The van der Waals surface area contributed by atoms with Crippen LogP contribution in [0.5, 0.6) is 0 Å². The minimum atomic E-state index is 0.431. The topological polar surface area (TPSA) is 0 Å². The van der Waals surface area contributed by atoms with Crippen LogP contribution in [0.15, 0.2) is 0 Å². The first-order valence-electron chi connectivity index (χ1n) is 7.52. The van der Waals surface area contributed by atoms with E-state index in [4.69, 9.17) is 0 Å². The molecule has 0 saturated heterocycles. The van der Waals surface area contributed by atoms with Crippen LogP contribution in [0, 0.1) is 16.2 Å². The number of rotatable bonds is 3. The number of hydrogen-bond donors (Lipinski definition) is 0. The van der Waals surface area contributed by atoms with E-state index in [1.165, 1.54) is 12.8 Å². The summed E-state index contributed by atoms with van der Waals surface area (Å²) in [6.45, 7) is 26.9. The third-order valence-corrected chi connectivity index (χ3v) is 3.69. The van der Waals surface area contributed by atoms with E-state index < -0.39 is 0 Å². The smallest absolute Gasteiger partial charge is 0.0298 e. The molecule has 0 heterocycles. The molecule has 0 aromatic carbocycles. The van der Waals surface area contributed by atoms with Crippen LogP contribution in [0.2, 0.25) is 0 Å². The van der Waals surface area contributed by atoms with Gasteiger partial charge < -0.3 is 0 Å². The first-order valence-corrected chi connectivity index (χ1v) is 7.52. The average Bonchev–Trinajstić information content (AvgIpc) is 2.20. The Bertz CT molecular complexity index is 155. The van der Waals surface area contributed by atoms with Gasteiger partial charge in [-0.2, -0.15) is 0 Å². The van der Waals surface area contributed by atoms with Crippen LogP contribution in [0.25, 0.3) is 0 Å². The molecule has 0 N–H and O–H groups in total. The normalized spacial score (nSPS) is 12.0. The van der Waals surface area contributed by atoms with Gasteiger partial charge in [-0.3, -0.25) is 0 Å². The van der Waals surface area contributed by atoms with Crippen LogP contribution in [0.4, 0.5) is 0 Å². The van der Waals surface area contributed by atoms with Crippen molar-refractivity contribution in [2.24, 2.45) is 16.2 Å². The summed E-state index contributed by atoms with van der Waals surface area (Å²) >= 11 is 0. The molecule has 0 heteroatoms. The summed E-state index contributed by atoms with van der Waals surface area (Å²) in [5.41, 5.74) is 1.32. The zero-order chi connectivity index (χ0) is 14.9. The second-order valence-corrected chi connectivity index (χ2v) is 6.86. The van der Waals surface area contributed by atoms with Crippen molar-refractivity contribution in [2.75, 3.05) is 0 Å². The second kappa shape index (κ2) is 9.00. The van der Waals surface area contributed by atoms with Gasteiger partial charge in [0.1, 0.15) is 0 Å². The maximum Gasteiger partial charge on any atom is -0.0298 e. The summed E-state index contributed by atoms with van der Waals surface area (Å²) in [6.07, 6.45) is 2.55. The summed E-state index contributed by atoms with van der Waals surface area (Å²) in [5.74, 6) is 0. The van der Waals surface area contributed by atoms with Crippen LogP contribution in [0.1, 0.15) is 95.9 Å². The summed E-state index contributed by atoms with van der Waals surface area (Å²) < 4.78 is 0. The highest BCUT2D eigenvalue weighted by Gasteiger charge is 2.37. The van der Waals surface area contributed by atoms with Gasteiger partial charge in [0.25, 0.3) is 0 Å². The van der Waals surface area contributed by atoms with E-state index in [9.17, 15) is 0 Å². The average molecular weight is 245 g/mol. The van der Waals surface area contributed by atoms with E-state index >= 15 is 0 Å². The zero-order valence-corrected chi connectivity index (χ0v) is 14.9. The van der Waals surface area contributed by atoms with Crippen molar-refractivity contribution in [3.05, 3.63) is 0 Å². The molecule has 0 fully saturated rings. The van der Waals surface area contributed by atoms with Gasteiger partial charge in [0.05, 0.1) is 0 Å². The van der Waals surface area contributed by atoms with Crippen LogP contribution in [-0.2, 0) is 0 Å². The molecule has 0 aliphatic carbocycles. The molecule has 0 unspecified atom stereocenters. The standard InChI is InChI=1S/C13H28.2C2H6/c1-9-12(5,6)13(7,8)10-11(2,3)4;2*1-2/h9-10H2,1-8H3;2*1-2H3. The lowest BCUT2D eigenvalue weighted by Crippen LogP contribution is -2.35. The quantitative estimate of drug-likeness (QED) is 0.504. The van der Waals surface area contributed by atoms with Gasteiger partial charge in [-0.1, -0.05) is 89.5 Å². The maximum absolute atomic E-state index is 2.40. The Hall–Kier alpha value is 0. The Kier molecular flexibility index (Phi) is 11.8. The fourth-order valence-corrected chi connectivity index (χ4v) is 2.04. The highest BCUT2D eigenvalue weighted by molar-refractivity contribution is 4.88. The van der Waals surface area contributed by atoms with Gasteiger partial charge in [0, 0.05) is 0 Å². The monoisotopic (exact) mass is 244 g/mol. The lowest BCUT2D eigenvalue weighted by molar-refractivity contribution is 0.0549. The molecule has 0 spiro atoms. The Labute approximate surface area is 113 Å². The molecule has 0 aromatic heterocycles. The predicted molar refractivity (Wildman–Crippen MR) is 84.6 cm³/mol. The molecule has 0 saturated carbocycles. The first-order chi connectivity index (χ1) is 7.52. The SMILES string of the molecule is CC.CC.CCC(C)(C)C(C)(C)CC(C)(C)C. The van der Waals surface area contributed by atoms with Crippen LogP contribution < -0.4 is 0 Å². The van der Waals surface area contributed by atoms with Crippen LogP contribution >= 0.6 is 0 Å². The lowest BCUT2D eigenvalue weighted by atomic mass is 9.60. The predicted octanol–water partition coefficient (Wildman–Crippen LogP) is 6.94. The Morgan fingerprint density at radius 2 is 0.882 bits per heavy atom. The molecule has 0 bridgehead atoms. The van der Waals surface area contributed by atoms with Crippen LogP contribution in [-0.4, -0.2) is 0 Å². The fourth-order valence-electron chi connectivity index (χ4n) is 2.04. The molecule has 17 heavy (non-hydrogen) atoms. The Morgan fingerprint density at radius 3 is 1.06 bits per heavy atom. The van der Waals surface area contributed by atoms with Gasteiger partial charge in [0.15, 0.2) is 0 Å². The molecule has 0 aliphatic heterocycles. The molecule has 0 aromatic rings. The van der Waals surface area contributed by atoms with E-state index in [0.29, 0.717) is 16.2 Å². The van der Waals surface area contributed by atoms with Gasteiger partial charge >= 0.3 is 0 Å². The van der Waals surface area contributed by atoms with Crippen molar-refractivity contribution in [2.45, 2.75) is 95.9 Å². The second-order valence-electron chi connectivity index (χ2n) is 6.86. The highest BCUT2D eigenvalue weighted by Crippen LogP contribution is 2.47. The van der Waals surface area contributed by atoms with Crippen molar-refractivity contribution in [3.63, 3.8) is 0 Å². The van der Waals surface area contributed by atoms with E-state index in [-0.39, 0.29) is 0 Å². The van der Waals surface area contributed by atoms with Gasteiger partial charge in [-0.25, -0.2) is 0 Å². The zero-order valence-electron chi connectivity index (χ0n) is 14.9. The highest BCUT2D eigenvalue weighted by atomic mass is 14.4. The minimum absolute atomic E-state index is 0.431. The van der Waals surface area contributed by atoms with Crippen molar-refractivity contribution in [3.8, 4) is 0 Å². The van der Waals surface area contributed by atoms with Gasteiger partial charge in [-0.05, 0) is 22.7 Å². The van der Waals surface area contributed by atoms with Crippen molar-refractivity contribution in [1.29, 1.82) is 0 Å². The van der Waals surface area contributed by atoms with Crippen LogP contribution in [0.3, 0.4) is 0 Å². The molecule has 0 rings (SSSR count). The summed E-state index contributed by atoms with van der Waals surface area (Å²) in [7, 11) is 0. The summed E-state index contributed by atoms with van der Waals surface area (Å²) in [5, 5.41) is 0. The number of hydrogen-bond acceptors (Lipinski definition) is 0. The van der Waals surface area contributed by atoms with Crippen molar-refractivity contribution in [1.82, 2.24) is 0 Å². The summed E-state index contributed by atoms with van der Waals surface area (Å²) in [4.78, 5) is 0. The molecule has 108 valence electrons. The molecular formula is C17H40. The minimum Gasteiger partial charge on any atom is -0.0683 e. The Balaban J connectivity index is -0.000000439. The van der Waals surface area contributed by atoms with Crippen molar-refractivity contribution < 1.29 is 0 Å². The molecule has 0 nitrogen and oxygen atoms in total. The molecule has 0 amide bonds. The van der Waals surface area contributed by atoms with Gasteiger partial charge in [0.2, 0.25) is 0 Å². The van der Waals surface area contributed by atoms with E-state index in [2.05, 4.69) is 55.4 Å². The maximum atomic E-state index is 2.40. The van der Waals surface area contributed by atoms with Gasteiger partial charge in [-0.15, -0.1) is 0 Å². The largest absolute Gasteiger partial charge is 0.0683 e.